The molecule has 0 spiro atoms. The van der Waals surface area contributed by atoms with Crippen LogP contribution in [0.3, 0.4) is 0 Å². The van der Waals surface area contributed by atoms with Crippen molar-refractivity contribution in [3.63, 3.8) is 0 Å². The topological polar surface area (TPSA) is 38.4 Å². The highest BCUT2D eigenvalue weighted by Crippen LogP contribution is 2.77. The lowest BCUT2D eigenvalue weighted by Crippen LogP contribution is -2.30. The molecular formula is C24H29FN2S. The minimum atomic E-state index is -2.63. The standard InChI is InChI=1S/C24H29FN2S/c1-3-4-5-7-10-19(2)28(25)23(21-15-13-20(18-26)14-16-21)17-24(28)27-22-11-8-6-9-12-22/h3-5,7-8,10-16,23H,6,9,17-18,26H2,1-2H3/b4-3-,7-5-,19-10+,27-24?. The molecule has 0 amide bonds. The van der Waals surface area contributed by atoms with Gasteiger partial charge in [0, 0.05) is 13.0 Å². The zero-order valence-electron chi connectivity index (χ0n) is 16.6. The van der Waals surface area contributed by atoms with Crippen molar-refractivity contribution in [3.8, 4) is 0 Å². The van der Waals surface area contributed by atoms with E-state index >= 15 is 3.89 Å². The number of nitrogens with two attached hydrogens (primary N) is 1. The zero-order valence-corrected chi connectivity index (χ0v) is 17.5. The lowest BCUT2D eigenvalue weighted by atomic mass is 10.1. The third-order valence-electron chi connectivity index (χ3n) is 5.13. The summed E-state index contributed by atoms with van der Waals surface area (Å²) in [5.74, 6) is 0. The summed E-state index contributed by atoms with van der Waals surface area (Å²) in [6, 6.07) is 8.05. The molecule has 1 aromatic carbocycles. The molecule has 1 aliphatic heterocycles. The summed E-state index contributed by atoms with van der Waals surface area (Å²) < 4.78 is 16.5. The van der Waals surface area contributed by atoms with Gasteiger partial charge in [0.25, 0.3) is 0 Å². The number of aliphatic imine (C=N–C) groups is 1. The number of benzene rings is 1. The van der Waals surface area contributed by atoms with Crippen molar-refractivity contribution >= 4 is 15.5 Å². The largest absolute Gasteiger partial charge is 0.326 e. The maximum absolute atomic E-state index is 16.5. The molecule has 2 unspecified atom stereocenters. The van der Waals surface area contributed by atoms with Gasteiger partial charge in [-0.2, -0.15) is 3.89 Å². The van der Waals surface area contributed by atoms with E-state index in [-0.39, 0.29) is 5.25 Å². The van der Waals surface area contributed by atoms with Gasteiger partial charge in [-0.15, -0.1) is 0 Å². The van der Waals surface area contributed by atoms with Gasteiger partial charge in [-0.05, 0) is 59.2 Å². The van der Waals surface area contributed by atoms with Crippen molar-refractivity contribution in [2.75, 3.05) is 0 Å². The molecule has 4 heteroatoms. The Labute approximate surface area is 169 Å². The predicted octanol–water partition coefficient (Wildman–Crippen LogP) is 6.95. The quantitative estimate of drug-likeness (QED) is 0.519. The molecule has 1 aromatic rings. The van der Waals surface area contributed by atoms with Crippen molar-refractivity contribution in [1.29, 1.82) is 0 Å². The van der Waals surface area contributed by atoms with Gasteiger partial charge in [0.05, 0.1) is 16.0 Å². The van der Waals surface area contributed by atoms with E-state index in [4.69, 9.17) is 10.7 Å². The van der Waals surface area contributed by atoms with Crippen LogP contribution in [0.4, 0.5) is 3.89 Å². The minimum absolute atomic E-state index is 0.141. The molecule has 1 saturated heterocycles. The predicted molar refractivity (Wildman–Crippen MR) is 122 cm³/mol. The second kappa shape index (κ2) is 9.35. The average molecular weight is 397 g/mol. The molecule has 0 saturated carbocycles. The second-order valence-corrected chi connectivity index (χ2v) is 9.87. The van der Waals surface area contributed by atoms with Gasteiger partial charge >= 0.3 is 0 Å². The number of allylic oxidation sites excluding steroid dienone is 9. The first kappa shape index (κ1) is 20.6. The van der Waals surface area contributed by atoms with E-state index in [1.807, 2.05) is 74.6 Å². The normalized spacial score (nSPS) is 29.1. The SMILES string of the molecule is C\C=C/C=C\C=C(/C)S1(F)C(=NC2=CCCC=C2)CC1c1ccc(CN)cc1. The zero-order chi connectivity index (χ0) is 20.0. The second-order valence-electron chi connectivity index (χ2n) is 7.02. The monoisotopic (exact) mass is 396 g/mol. The molecule has 0 aromatic heterocycles. The first-order valence-electron chi connectivity index (χ1n) is 9.81. The number of hydrogen-bond acceptors (Lipinski definition) is 2. The Morgan fingerprint density at radius 2 is 2.00 bits per heavy atom. The van der Waals surface area contributed by atoms with Crippen LogP contribution in [0.5, 0.6) is 0 Å². The summed E-state index contributed by atoms with van der Waals surface area (Å²) in [6.07, 6.45) is 18.5. The third kappa shape index (κ3) is 4.29. The van der Waals surface area contributed by atoms with E-state index < -0.39 is 10.4 Å². The highest BCUT2D eigenvalue weighted by molar-refractivity contribution is 8.46. The molecule has 0 bridgehead atoms. The third-order valence-corrected chi connectivity index (χ3v) is 8.37. The van der Waals surface area contributed by atoms with Crippen LogP contribution in [0.25, 0.3) is 0 Å². The highest BCUT2D eigenvalue weighted by atomic mass is 32.3. The van der Waals surface area contributed by atoms with Gasteiger partial charge in [-0.25, -0.2) is 4.99 Å². The van der Waals surface area contributed by atoms with Gasteiger partial charge in [-0.1, -0.05) is 66.8 Å². The summed E-state index contributed by atoms with van der Waals surface area (Å²) in [6.45, 7) is 4.36. The smallest absolute Gasteiger partial charge is 0.0897 e. The van der Waals surface area contributed by atoms with Crippen LogP contribution < -0.4 is 5.73 Å². The molecule has 2 aliphatic rings. The van der Waals surface area contributed by atoms with Crippen molar-refractivity contribution in [3.05, 3.63) is 94.6 Å². The molecule has 1 fully saturated rings. The molecule has 0 radical (unpaired) electrons. The highest BCUT2D eigenvalue weighted by Gasteiger charge is 2.51. The number of hydrogen-bond donors (Lipinski definition) is 1. The molecular weight excluding hydrogens is 367 g/mol. The Morgan fingerprint density at radius 3 is 2.64 bits per heavy atom. The van der Waals surface area contributed by atoms with Crippen molar-refractivity contribution in [1.82, 2.24) is 0 Å². The van der Waals surface area contributed by atoms with Gasteiger partial charge in [0.1, 0.15) is 0 Å². The van der Waals surface area contributed by atoms with E-state index in [2.05, 4.69) is 12.2 Å². The lowest BCUT2D eigenvalue weighted by Gasteiger charge is -2.49. The number of nitrogens with zero attached hydrogens (tertiary/aromatic N) is 1. The molecule has 28 heavy (non-hydrogen) atoms. The van der Waals surface area contributed by atoms with E-state index in [9.17, 15) is 0 Å². The van der Waals surface area contributed by atoms with Crippen LogP contribution in [0, 0.1) is 0 Å². The van der Waals surface area contributed by atoms with Gasteiger partial charge in [0.15, 0.2) is 0 Å². The van der Waals surface area contributed by atoms with Crippen LogP contribution in [0.1, 0.15) is 49.5 Å². The first-order valence-corrected chi connectivity index (χ1v) is 11.4. The van der Waals surface area contributed by atoms with E-state index in [0.717, 1.165) is 34.6 Å². The average Bonchev–Trinajstić information content (AvgIpc) is 2.74. The Morgan fingerprint density at radius 1 is 1.21 bits per heavy atom. The molecule has 1 heterocycles. The molecule has 148 valence electrons. The van der Waals surface area contributed by atoms with Crippen LogP contribution in [0.15, 0.2) is 88.5 Å². The van der Waals surface area contributed by atoms with Gasteiger partial charge in [-0.3, -0.25) is 0 Å². The van der Waals surface area contributed by atoms with E-state index in [1.165, 1.54) is 0 Å². The summed E-state index contributed by atoms with van der Waals surface area (Å²) >= 11 is 0. The van der Waals surface area contributed by atoms with Crippen molar-refractivity contribution in [2.24, 2.45) is 10.7 Å². The molecule has 2 atom stereocenters. The lowest BCUT2D eigenvalue weighted by molar-refractivity contribution is 0.819. The van der Waals surface area contributed by atoms with Crippen LogP contribution in [-0.2, 0) is 6.54 Å². The first-order chi connectivity index (χ1) is 13.6. The van der Waals surface area contributed by atoms with E-state index in [0.29, 0.717) is 18.0 Å². The van der Waals surface area contributed by atoms with Gasteiger partial charge < -0.3 is 5.73 Å². The number of rotatable bonds is 6. The van der Waals surface area contributed by atoms with Gasteiger partial charge in [0.2, 0.25) is 0 Å². The molecule has 2 N–H and O–H groups in total. The molecule has 1 aliphatic carbocycles. The molecule has 3 rings (SSSR count). The van der Waals surface area contributed by atoms with Crippen LogP contribution >= 0.6 is 10.4 Å². The number of halogens is 1. The van der Waals surface area contributed by atoms with E-state index in [1.54, 1.807) is 0 Å². The fourth-order valence-electron chi connectivity index (χ4n) is 3.45. The summed E-state index contributed by atoms with van der Waals surface area (Å²) in [5.41, 5.74) is 8.70. The van der Waals surface area contributed by atoms with Crippen LogP contribution in [-0.4, -0.2) is 5.04 Å². The maximum atomic E-state index is 16.5. The Bertz CT molecular complexity index is 874. The minimum Gasteiger partial charge on any atom is -0.326 e. The molecule has 2 nitrogen and oxygen atoms in total. The van der Waals surface area contributed by atoms with Crippen molar-refractivity contribution in [2.45, 2.75) is 44.9 Å². The Kier molecular flexibility index (Phi) is 6.87. The summed E-state index contributed by atoms with van der Waals surface area (Å²) in [7, 11) is -2.63. The van der Waals surface area contributed by atoms with Crippen LogP contribution in [0.2, 0.25) is 0 Å². The fraction of sp³-hybridized carbons (Fsp3) is 0.292. The summed E-state index contributed by atoms with van der Waals surface area (Å²) in [4.78, 5) is 5.49. The Hall–Kier alpha value is -2.17. The van der Waals surface area contributed by atoms with Crippen molar-refractivity contribution < 1.29 is 3.89 Å². The fourth-order valence-corrected chi connectivity index (χ4v) is 6.14. The summed E-state index contributed by atoms with van der Waals surface area (Å²) in [5, 5.41) is 0.559. The maximum Gasteiger partial charge on any atom is 0.0897 e. The Balaban J connectivity index is 1.95.